The molecular formula is C18H25N5OS. The summed E-state index contributed by atoms with van der Waals surface area (Å²) in [6.07, 6.45) is 0. The van der Waals surface area contributed by atoms with E-state index in [4.69, 9.17) is 0 Å². The van der Waals surface area contributed by atoms with Crippen LogP contribution in [-0.4, -0.2) is 29.9 Å². The van der Waals surface area contributed by atoms with Gasteiger partial charge in [0.2, 0.25) is 5.91 Å². The van der Waals surface area contributed by atoms with Crippen LogP contribution in [0.25, 0.3) is 0 Å². The number of amides is 1. The highest BCUT2D eigenvalue weighted by atomic mass is 32.1. The molecule has 0 fully saturated rings. The number of nitrogens with zero attached hydrogens (tertiary/aromatic N) is 2. The van der Waals surface area contributed by atoms with Crippen LogP contribution in [0.4, 0.5) is 0 Å². The minimum atomic E-state index is -0.109. The third-order valence-corrected chi connectivity index (χ3v) is 4.61. The van der Waals surface area contributed by atoms with Crippen LogP contribution in [0.5, 0.6) is 0 Å². The minimum Gasteiger partial charge on any atom is -0.357 e. The number of hydrogen-bond donors (Lipinski definition) is 3. The van der Waals surface area contributed by atoms with Crippen molar-refractivity contribution in [3.63, 3.8) is 0 Å². The molecule has 0 saturated heterocycles. The first-order valence-electron chi connectivity index (χ1n) is 8.34. The molecule has 1 heterocycles. The number of carbonyl (C=O) groups excluding carboxylic acids is 1. The van der Waals surface area contributed by atoms with Crippen molar-refractivity contribution in [2.24, 2.45) is 4.99 Å². The molecule has 2 aromatic rings. The van der Waals surface area contributed by atoms with Crippen LogP contribution in [0.3, 0.4) is 0 Å². The largest absolute Gasteiger partial charge is 0.357 e. The normalized spacial score (nSPS) is 11.2. The first kappa shape index (κ1) is 18.9. The van der Waals surface area contributed by atoms with E-state index in [-0.39, 0.29) is 12.5 Å². The summed E-state index contributed by atoms with van der Waals surface area (Å²) in [6, 6.07) is 9.82. The van der Waals surface area contributed by atoms with Crippen LogP contribution in [-0.2, 0) is 17.9 Å². The topological polar surface area (TPSA) is 78.4 Å². The van der Waals surface area contributed by atoms with E-state index in [1.807, 2.05) is 44.2 Å². The van der Waals surface area contributed by atoms with E-state index in [2.05, 4.69) is 32.9 Å². The maximum Gasteiger partial charge on any atom is 0.242 e. The van der Waals surface area contributed by atoms with Gasteiger partial charge < -0.3 is 16.0 Å². The molecule has 2 rings (SSSR count). The van der Waals surface area contributed by atoms with Gasteiger partial charge in [0.1, 0.15) is 11.6 Å². The number of benzene rings is 1. The average Bonchev–Trinajstić information content (AvgIpc) is 2.94. The molecular weight excluding hydrogens is 334 g/mol. The molecule has 0 spiro atoms. The highest BCUT2D eigenvalue weighted by molar-refractivity contribution is 7.11. The first-order valence-corrected chi connectivity index (χ1v) is 9.16. The summed E-state index contributed by atoms with van der Waals surface area (Å²) < 4.78 is 0. The van der Waals surface area contributed by atoms with Gasteiger partial charge in [-0.2, -0.15) is 0 Å². The fraction of sp³-hybridized carbons (Fsp3) is 0.389. The predicted octanol–water partition coefficient (Wildman–Crippen LogP) is 2.13. The Bertz CT molecular complexity index is 692. The summed E-state index contributed by atoms with van der Waals surface area (Å²) in [5.41, 5.74) is 2.13. The zero-order valence-electron chi connectivity index (χ0n) is 14.9. The van der Waals surface area contributed by atoms with E-state index >= 15 is 0 Å². The third kappa shape index (κ3) is 6.54. The summed E-state index contributed by atoms with van der Waals surface area (Å²) in [5.74, 6) is 0.505. The van der Waals surface area contributed by atoms with Gasteiger partial charge >= 0.3 is 0 Å². The van der Waals surface area contributed by atoms with Gasteiger partial charge in [0, 0.05) is 18.0 Å². The van der Waals surface area contributed by atoms with Crippen molar-refractivity contribution in [1.29, 1.82) is 0 Å². The first-order chi connectivity index (χ1) is 12.1. The van der Waals surface area contributed by atoms with Gasteiger partial charge in [0.25, 0.3) is 0 Å². The Balaban J connectivity index is 1.82. The second-order valence-corrected chi connectivity index (χ2v) is 6.85. The Kier molecular flexibility index (Phi) is 7.40. The fourth-order valence-corrected chi connectivity index (χ4v) is 2.99. The Labute approximate surface area is 152 Å². The molecule has 0 bridgehead atoms. The number of rotatable bonds is 7. The Morgan fingerprint density at radius 1 is 1.12 bits per heavy atom. The number of thiazole rings is 1. The van der Waals surface area contributed by atoms with Crippen molar-refractivity contribution in [3.8, 4) is 0 Å². The summed E-state index contributed by atoms with van der Waals surface area (Å²) in [4.78, 5) is 22.0. The van der Waals surface area contributed by atoms with Crippen molar-refractivity contribution in [2.75, 3.05) is 13.1 Å². The number of hydrogen-bond acceptors (Lipinski definition) is 4. The highest BCUT2D eigenvalue weighted by Gasteiger charge is 2.06. The standard InChI is InChI=1S/C18H25N5OS/c1-4-19-18(22-12-17-23-13(2)14(3)25-17)21-11-16(24)20-10-15-8-6-5-7-9-15/h5-9H,4,10-12H2,1-3H3,(H,20,24)(H2,19,21,22). The maximum absolute atomic E-state index is 12.0. The van der Waals surface area contributed by atoms with E-state index in [0.717, 1.165) is 22.8 Å². The lowest BCUT2D eigenvalue weighted by molar-refractivity contribution is -0.119. The Morgan fingerprint density at radius 2 is 1.88 bits per heavy atom. The van der Waals surface area contributed by atoms with Gasteiger partial charge in [-0.1, -0.05) is 30.3 Å². The molecule has 1 aromatic carbocycles. The fourth-order valence-electron chi connectivity index (χ4n) is 2.12. The quantitative estimate of drug-likeness (QED) is 0.523. The van der Waals surface area contributed by atoms with Crippen LogP contribution in [0.2, 0.25) is 0 Å². The summed E-state index contributed by atoms with van der Waals surface area (Å²) in [7, 11) is 0. The zero-order valence-corrected chi connectivity index (χ0v) is 15.7. The Hall–Kier alpha value is -2.41. The summed E-state index contributed by atoms with van der Waals surface area (Å²) >= 11 is 1.67. The van der Waals surface area contributed by atoms with Crippen molar-refractivity contribution in [3.05, 3.63) is 51.5 Å². The number of nitrogens with one attached hydrogen (secondary N) is 3. The van der Waals surface area contributed by atoms with Crippen LogP contribution in [0.15, 0.2) is 35.3 Å². The second kappa shape index (κ2) is 9.78. The van der Waals surface area contributed by atoms with Crippen molar-refractivity contribution < 1.29 is 4.79 Å². The van der Waals surface area contributed by atoms with E-state index in [0.29, 0.717) is 19.0 Å². The molecule has 134 valence electrons. The molecule has 25 heavy (non-hydrogen) atoms. The van der Waals surface area contributed by atoms with Crippen molar-refractivity contribution in [1.82, 2.24) is 20.9 Å². The zero-order chi connectivity index (χ0) is 18.1. The minimum absolute atomic E-state index is 0.0814. The molecule has 0 unspecified atom stereocenters. The van der Waals surface area contributed by atoms with Crippen LogP contribution >= 0.6 is 11.3 Å². The molecule has 0 atom stereocenters. The molecule has 0 radical (unpaired) electrons. The van der Waals surface area contributed by atoms with E-state index < -0.39 is 0 Å². The van der Waals surface area contributed by atoms with Gasteiger partial charge in [-0.05, 0) is 26.3 Å². The second-order valence-electron chi connectivity index (χ2n) is 5.56. The SMILES string of the molecule is CCNC(=NCC(=O)NCc1ccccc1)NCc1nc(C)c(C)s1. The summed E-state index contributed by atoms with van der Waals surface area (Å²) in [5, 5.41) is 10.2. The molecule has 0 aliphatic heterocycles. The van der Waals surface area contributed by atoms with Gasteiger partial charge in [0.05, 0.1) is 12.2 Å². The van der Waals surface area contributed by atoms with Gasteiger partial charge in [-0.25, -0.2) is 9.98 Å². The lowest BCUT2D eigenvalue weighted by Gasteiger charge is -2.10. The lowest BCUT2D eigenvalue weighted by Crippen LogP contribution is -2.38. The third-order valence-electron chi connectivity index (χ3n) is 3.54. The number of aromatic nitrogens is 1. The number of guanidine groups is 1. The predicted molar refractivity (Wildman–Crippen MR) is 103 cm³/mol. The molecule has 6 nitrogen and oxygen atoms in total. The number of carbonyl (C=O) groups is 1. The molecule has 1 amide bonds. The van der Waals surface area contributed by atoms with Crippen LogP contribution < -0.4 is 16.0 Å². The Morgan fingerprint density at radius 3 is 2.52 bits per heavy atom. The van der Waals surface area contributed by atoms with Crippen molar-refractivity contribution in [2.45, 2.75) is 33.9 Å². The smallest absolute Gasteiger partial charge is 0.242 e. The van der Waals surface area contributed by atoms with Gasteiger partial charge in [-0.15, -0.1) is 11.3 Å². The molecule has 3 N–H and O–H groups in total. The van der Waals surface area contributed by atoms with E-state index in [9.17, 15) is 4.79 Å². The van der Waals surface area contributed by atoms with E-state index in [1.165, 1.54) is 4.88 Å². The molecule has 1 aromatic heterocycles. The average molecular weight is 359 g/mol. The maximum atomic E-state index is 12.0. The van der Waals surface area contributed by atoms with Gasteiger partial charge in [-0.3, -0.25) is 4.79 Å². The molecule has 0 aliphatic carbocycles. The molecule has 0 aliphatic rings. The lowest BCUT2D eigenvalue weighted by atomic mass is 10.2. The van der Waals surface area contributed by atoms with Crippen molar-refractivity contribution >= 4 is 23.2 Å². The summed E-state index contributed by atoms with van der Waals surface area (Å²) in [6.45, 7) is 7.97. The number of aryl methyl sites for hydroxylation is 2. The molecule has 0 saturated carbocycles. The van der Waals surface area contributed by atoms with Crippen LogP contribution in [0.1, 0.15) is 28.1 Å². The monoisotopic (exact) mass is 359 g/mol. The van der Waals surface area contributed by atoms with E-state index in [1.54, 1.807) is 11.3 Å². The molecule has 7 heteroatoms. The van der Waals surface area contributed by atoms with Crippen LogP contribution in [0, 0.1) is 13.8 Å². The number of aliphatic imine (C=N–C) groups is 1. The highest BCUT2D eigenvalue weighted by Crippen LogP contribution is 2.15. The van der Waals surface area contributed by atoms with Gasteiger partial charge in [0.15, 0.2) is 5.96 Å².